The number of methoxy groups -OCH3 is 1. The molecule has 1 aromatic rings. The lowest BCUT2D eigenvalue weighted by Crippen LogP contribution is -2.46. The molecule has 27 heavy (non-hydrogen) atoms. The lowest BCUT2D eigenvalue weighted by molar-refractivity contribution is -0.121. The molecule has 1 heterocycles. The van der Waals surface area contributed by atoms with E-state index in [9.17, 15) is 9.18 Å². The number of likely N-dealkylation sites (tertiary alicyclic amines) is 1. The van der Waals surface area contributed by atoms with Crippen molar-refractivity contribution in [1.82, 2.24) is 15.5 Å². The zero-order chi connectivity index (χ0) is 18.9. The molecule has 8 heteroatoms. The van der Waals surface area contributed by atoms with Crippen LogP contribution in [-0.4, -0.2) is 50.6 Å². The molecule has 0 atom stereocenters. The number of aliphatic imine (C=N–C) groups is 1. The van der Waals surface area contributed by atoms with Gasteiger partial charge < -0.3 is 20.3 Å². The van der Waals surface area contributed by atoms with Crippen molar-refractivity contribution in [3.05, 3.63) is 29.6 Å². The number of amides is 1. The third kappa shape index (κ3) is 7.15. The molecule has 0 unspecified atom stereocenters. The van der Waals surface area contributed by atoms with Crippen LogP contribution < -0.4 is 15.4 Å². The monoisotopic (exact) mass is 492 g/mol. The SMILES string of the molecule is CCNC(=NCc1ccc(OC)c(F)c1)N1CCC(CC(=O)NC)CC1.I. The third-order valence-electron chi connectivity index (χ3n) is 4.63. The first-order valence-corrected chi connectivity index (χ1v) is 9.13. The molecule has 1 aliphatic heterocycles. The molecule has 0 bridgehead atoms. The Kier molecular flexibility index (Phi) is 10.4. The number of rotatable bonds is 6. The molecule has 0 aliphatic carbocycles. The summed E-state index contributed by atoms with van der Waals surface area (Å²) in [5, 5.41) is 5.99. The minimum Gasteiger partial charge on any atom is -0.494 e. The number of carbonyl (C=O) groups is 1. The minimum atomic E-state index is -0.375. The summed E-state index contributed by atoms with van der Waals surface area (Å²) in [5.41, 5.74) is 0.799. The van der Waals surface area contributed by atoms with Crippen LogP contribution in [0.3, 0.4) is 0 Å². The van der Waals surface area contributed by atoms with Gasteiger partial charge in [0.25, 0.3) is 0 Å². The van der Waals surface area contributed by atoms with Crippen LogP contribution >= 0.6 is 24.0 Å². The second-order valence-electron chi connectivity index (χ2n) is 6.45. The van der Waals surface area contributed by atoms with Gasteiger partial charge in [0.1, 0.15) is 0 Å². The fraction of sp³-hybridized carbons (Fsp3) is 0.579. The van der Waals surface area contributed by atoms with Crippen LogP contribution in [0.4, 0.5) is 4.39 Å². The molecule has 2 rings (SSSR count). The van der Waals surface area contributed by atoms with Gasteiger partial charge in [0.15, 0.2) is 17.5 Å². The van der Waals surface area contributed by atoms with Crippen molar-refractivity contribution in [3.63, 3.8) is 0 Å². The first-order chi connectivity index (χ1) is 12.6. The van der Waals surface area contributed by atoms with E-state index in [1.165, 1.54) is 13.2 Å². The summed E-state index contributed by atoms with van der Waals surface area (Å²) in [6.07, 6.45) is 2.52. The molecule has 0 saturated carbocycles. The van der Waals surface area contributed by atoms with Gasteiger partial charge in [-0.2, -0.15) is 0 Å². The Morgan fingerprint density at radius 1 is 1.37 bits per heavy atom. The standard InChI is InChI=1S/C19H29FN4O2.HI/c1-4-22-19(23-13-15-5-6-17(26-3)16(20)11-15)24-9-7-14(8-10-24)12-18(25)21-2;/h5-6,11,14H,4,7-10,12-13H2,1-3H3,(H,21,25)(H,22,23);1H. The van der Waals surface area contributed by atoms with E-state index >= 15 is 0 Å². The van der Waals surface area contributed by atoms with Crippen LogP contribution in [0, 0.1) is 11.7 Å². The van der Waals surface area contributed by atoms with Crippen molar-refractivity contribution in [3.8, 4) is 5.75 Å². The summed E-state index contributed by atoms with van der Waals surface area (Å²) in [7, 11) is 3.13. The highest BCUT2D eigenvalue weighted by Gasteiger charge is 2.23. The van der Waals surface area contributed by atoms with E-state index in [0.717, 1.165) is 44.0 Å². The highest BCUT2D eigenvalue weighted by Crippen LogP contribution is 2.21. The van der Waals surface area contributed by atoms with Crippen molar-refractivity contribution in [2.45, 2.75) is 32.7 Å². The zero-order valence-corrected chi connectivity index (χ0v) is 18.6. The Morgan fingerprint density at radius 3 is 2.63 bits per heavy atom. The van der Waals surface area contributed by atoms with Gasteiger partial charge in [0.2, 0.25) is 5.91 Å². The van der Waals surface area contributed by atoms with Gasteiger partial charge in [-0.25, -0.2) is 9.38 Å². The van der Waals surface area contributed by atoms with Crippen molar-refractivity contribution in [2.24, 2.45) is 10.9 Å². The fourth-order valence-electron chi connectivity index (χ4n) is 3.11. The number of ether oxygens (including phenoxy) is 1. The number of guanidine groups is 1. The average Bonchev–Trinajstić information content (AvgIpc) is 2.66. The predicted octanol–water partition coefficient (Wildman–Crippen LogP) is 2.77. The molecule has 6 nitrogen and oxygen atoms in total. The summed E-state index contributed by atoms with van der Waals surface area (Å²) in [5.74, 6) is 1.22. The average molecular weight is 492 g/mol. The Balaban J connectivity index is 0.00000364. The molecule has 1 amide bonds. The topological polar surface area (TPSA) is 66.0 Å². The molecule has 0 radical (unpaired) electrons. The van der Waals surface area contributed by atoms with Crippen LogP contribution in [0.15, 0.2) is 23.2 Å². The highest BCUT2D eigenvalue weighted by atomic mass is 127. The molecule has 152 valence electrons. The summed E-state index contributed by atoms with van der Waals surface area (Å²) < 4.78 is 18.8. The van der Waals surface area contributed by atoms with Gasteiger partial charge in [-0.15, -0.1) is 24.0 Å². The number of halogens is 2. The number of nitrogens with zero attached hydrogens (tertiary/aromatic N) is 2. The van der Waals surface area contributed by atoms with Crippen molar-refractivity contribution in [2.75, 3.05) is 33.8 Å². The van der Waals surface area contributed by atoms with E-state index in [1.807, 2.05) is 13.0 Å². The number of nitrogens with one attached hydrogen (secondary N) is 2. The normalized spacial score (nSPS) is 15.1. The van der Waals surface area contributed by atoms with Crippen LogP contribution in [-0.2, 0) is 11.3 Å². The maximum atomic E-state index is 13.8. The summed E-state index contributed by atoms with van der Waals surface area (Å²) in [6, 6.07) is 4.91. The van der Waals surface area contributed by atoms with Crippen LogP contribution in [0.25, 0.3) is 0 Å². The van der Waals surface area contributed by atoms with Crippen molar-refractivity contribution < 1.29 is 13.9 Å². The maximum Gasteiger partial charge on any atom is 0.220 e. The second-order valence-corrected chi connectivity index (χ2v) is 6.45. The van der Waals surface area contributed by atoms with E-state index in [2.05, 4.69) is 20.5 Å². The zero-order valence-electron chi connectivity index (χ0n) is 16.3. The van der Waals surface area contributed by atoms with E-state index in [4.69, 9.17) is 4.74 Å². The van der Waals surface area contributed by atoms with Crippen molar-refractivity contribution >= 4 is 35.8 Å². The summed E-state index contributed by atoms with van der Waals surface area (Å²) >= 11 is 0. The third-order valence-corrected chi connectivity index (χ3v) is 4.63. The van der Waals surface area contributed by atoms with Gasteiger partial charge in [0.05, 0.1) is 13.7 Å². The molecule has 2 N–H and O–H groups in total. The van der Waals surface area contributed by atoms with Crippen LogP contribution in [0.5, 0.6) is 5.75 Å². The van der Waals surface area contributed by atoms with Crippen LogP contribution in [0.2, 0.25) is 0 Å². The first kappa shape index (κ1) is 23.5. The van der Waals surface area contributed by atoms with Gasteiger partial charge in [0, 0.05) is 33.1 Å². The lowest BCUT2D eigenvalue weighted by atomic mass is 9.93. The predicted molar refractivity (Wildman–Crippen MR) is 116 cm³/mol. The van der Waals surface area contributed by atoms with Gasteiger partial charge in [-0.3, -0.25) is 4.79 Å². The number of hydrogen-bond acceptors (Lipinski definition) is 3. The molecule has 1 saturated heterocycles. The molecule has 0 spiro atoms. The number of hydrogen-bond donors (Lipinski definition) is 2. The van der Waals surface area contributed by atoms with E-state index < -0.39 is 0 Å². The van der Waals surface area contributed by atoms with E-state index in [1.54, 1.807) is 13.1 Å². The highest BCUT2D eigenvalue weighted by molar-refractivity contribution is 14.0. The summed E-state index contributed by atoms with van der Waals surface area (Å²) in [4.78, 5) is 18.4. The minimum absolute atomic E-state index is 0. The van der Waals surface area contributed by atoms with E-state index in [-0.39, 0.29) is 41.5 Å². The molecule has 1 aliphatic rings. The second kappa shape index (κ2) is 12.0. The molecule has 1 aromatic carbocycles. The smallest absolute Gasteiger partial charge is 0.220 e. The Hall–Kier alpha value is -1.58. The van der Waals surface area contributed by atoms with E-state index in [0.29, 0.717) is 18.9 Å². The molecule has 0 aromatic heterocycles. The maximum absolute atomic E-state index is 13.8. The Labute approximate surface area is 178 Å². The lowest BCUT2D eigenvalue weighted by Gasteiger charge is -2.34. The number of benzene rings is 1. The number of piperidine rings is 1. The van der Waals surface area contributed by atoms with Gasteiger partial charge in [-0.05, 0) is 43.4 Å². The largest absolute Gasteiger partial charge is 0.494 e. The van der Waals surface area contributed by atoms with Gasteiger partial charge >= 0.3 is 0 Å². The summed E-state index contributed by atoms with van der Waals surface area (Å²) in [6.45, 7) is 4.94. The molecular weight excluding hydrogens is 462 g/mol. The molecule has 1 fully saturated rings. The molecular formula is C19H30FIN4O2. The van der Waals surface area contributed by atoms with Crippen LogP contribution in [0.1, 0.15) is 31.7 Å². The quantitative estimate of drug-likeness (QED) is 0.364. The van der Waals surface area contributed by atoms with Crippen molar-refractivity contribution in [1.29, 1.82) is 0 Å². The fourth-order valence-corrected chi connectivity index (χ4v) is 3.11. The number of carbonyl (C=O) groups excluding carboxylic acids is 1. The first-order valence-electron chi connectivity index (χ1n) is 9.13. The Morgan fingerprint density at radius 2 is 2.07 bits per heavy atom. The Bertz CT molecular complexity index is 634. The van der Waals surface area contributed by atoms with Gasteiger partial charge in [-0.1, -0.05) is 6.07 Å².